The van der Waals surface area contributed by atoms with Crippen molar-refractivity contribution in [1.82, 2.24) is 0 Å². The largest absolute Gasteiger partial charge is 4.00 e. The molecule has 0 aromatic heterocycles. The summed E-state index contributed by atoms with van der Waals surface area (Å²) in [6, 6.07) is 8.50. The van der Waals surface area contributed by atoms with Crippen LogP contribution in [0, 0.1) is 0 Å². The minimum atomic E-state index is 0. The Morgan fingerprint density at radius 3 is 1.31 bits per heavy atom. The van der Waals surface area contributed by atoms with Gasteiger partial charge in [-0.15, -0.1) is 0 Å². The molecule has 0 nitrogen and oxygen atoms in total. The van der Waals surface area contributed by atoms with Crippen molar-refractivity contribution in [2.75, 3.05) is 0 Å². The summed E-state index contributed by atoms with van der Waals surface area (Å²) < 4.78 is 0. The molecule has 0 aliphatic heterocycles. The van der Waals surface area contributed by atoms with Gasteiger partial charge in [-0.1, -0.05) is 26.2 Å². The molecular formula is C9H13Cl3Hf. The standard InChI is InChI=1S/C9H13.3ClH.Hf/c1-9(2,3)8-6-4-5-7-8;;;;/h4-7H,1-3H3;3*1H;/q-1;;;;+4/p-3. The van der Waals surface area contributed by atoms with E-state index in [4.69, 9.17) is 0 Å². The van der Waals surface area contributed by atoms with Crippen molar-refractivity contribution in [3.05, 3.63) is 29.8 Å². The normalized spacial score (nSPS) is 8.23. The second-order valence-corrected chi connectivity index (χ2v) is 3.42. The fraction of sp³-hybridized carbons (Fsp3) is 0.444. The van der Waals surface area contributed by atoms with E-state index in [9.17, 15) is 0 Å². The summed E-state index contributed by atoms with van der Waals surface area (Å²) in [7, 11) is 0. The minimum Gasteiger partial charge on any atom is -1.00 e. The van der Waals surface area contributed by atoms with Gasteiger partial charge >= 0.3 is 25.8 Å². The molecule has 0 aliphatic rings. The van der Waals surface area contributed by atoms with Crippen LogP contribution in [0.1, 0.15) is 26.3 Å². The monoisotopic (exact) mass is 406 g/mol. The topological polar surface area (TPSA) is 0 Å². The Bertz CT molecular complexity index is 177. The van der Waals surface area contributed by atoms with Gasteiger partial charge in [0, 0.05) is 0 Å². The maximum Gasteiger partial charge on any atom is 4.00 e. The van der Waals surface area contributed by atoms with Crippen LogP contribution < -0.4 is 37.2 Å². The summed E-state index contributed by atoms with van der Waals surface area (Å²) in [4.78, 5) is 0. The van der Waals surface area contributed by atoms with Crippen LogP contribution in [0.5, 0.6) is 0 Å². The zero-order chi connectivity index (χ0) is 6.91. The van der Waals surface area contributed by atoms with Crippen LogP contribution in [0.2, 0.25) is 0 Å². The summed E-state index contributed by atoms with van der Waals surface area (Å²) in [6.07, 6.45) is 0. The molecule has 1 aromatic rings. The molecular weight excluding hydrogens is 393 g/mol. The Balaban J connectivity index is -0.000000101. The second-order valence-electron chi connectivity index (χ2n) is 3.42. The fourth-order valence-corrected chi connectivity index (χ4v) is 0.874. The molecule has 0 amide bonds. The van der Waals surface area contributed by atoms with Gasteiger partial charge in [-0.25, -0.2) is 12.1 Å². The summed E-state index contributed by atoms with van der Waals surface area (Å²) in [5, 5.41) is 0. The number of rotatable bonds is 0. The van der Waals surface area contributed by atoms with Gasteiger partial charge in [0.2, 0.25) is 0 Å². The van der Waals surface area contributed by atoms with Gasteiger partial charge in [0.1, 0.15) is 0 Å². The van der Waals surface area contributed by atoms with Crippen molar-refractivity contribution in [3.63, 3.8) is 0 Å². The predicted octanol–water partition coefficient (Wildman–Crippen LogP) is -6.29. The Morgan fingerprint density at radius 1 is 0.846 bits per heavy atom. The molecule has 0 saturated carbocycles. The van der Waals surface area contributed by atoms with Gasteiger partial charge in [0.25, 0.3) is 0 Å². The van der Waals surface area contributed by atoms with Crippen molar-refractivity contribution in [3.8, 4) is 0 Å². The third kappa shape index (κ3) is 8.11. The van der Waals surface area contributed by atoms with Gasteiger partial charge in [0.15, 0.2) is 0 Å². The molecule has 4 heteroatoms. The first-order valence-electron chi connectivity index (χ1n) is 3.33. The van der Waals surface area contributed by atoms with Gasteiger partial charge in [-0.05, 0) is 0 Å². The maximum absolute atomic E-state index is 2.22. The van der Waals surface area contributed by atoms with E-state index in [1.54, 1.807) is 0 Å². The van der Waals surface area contributed by atoms with E-state index in [0.29, 0.717) is 5.41 Å². The first kappa shape index (κ1) is 23.7. The van der Waals surface area contributed by atoms with Crippen LogP contribution >= 0.6 is 0 Å². The summed E-state index contributed by atoms with van der Waals surface area (Å²) in [5.74, 6) is 0. The zero-order valence-electron chi connectivity index (χ0n) is 7.94. The molecule has 0 unspecified atom stereocenters. The average Bonchev–Trinajstić information content (AvgIpc) is 2.08. The number of halogens is 3. The molecule has 1 rings (SSSR count). The van der Waals surface area contributed by atoms with Gasteiger partial charge in [-0.2, -0.15) is 17.7 Å². The molecule has 0 saturated heterocycles. The van der Waals surface area contributed by atoms with E-state index in [1.165, 1.54) is 5.56 Å². The van der Waals surface area contributed by atoms with E-state index in [0.717, 1.165) is 0 Å². The quantitative estimate of drug-likeness (QED) is 0.297. The number of hydrogen-bond acceptors (Lipinski definition) is 0. The van der Waals surface area contributed by atoms with E-state index in [1.807, 2.05) is 0 Å². The molecule has 0 bridgehead atoms. The van der Waals surface area contributed by atoms with Crippen LogP contribution in [0.15, 0.2) is 24.3 Å². The minimum absolute atomic E-state index is 0. The van der Waals surface area contributed by atoms with E-state index in [2.05, 4.69) is 45.0 Å². The molecule has 0 radical (unpaired) electrons. The zero-order valence-corrected chi connectivity index (χ0v) is 13.8. The Kier molecular flexibility index (Phi) is 17.6. The molecule has 0 heterocycles. The molecule has 0 N–H and O–H groups in total. The van der Waals surface area contributed by atoms with Crippen LogP contribution in [0.4, 0.5) is 0 Å². The Hall–Kier alpha value is 1.09. The van der Waals surface area contributed by atoms with E-state index < -0.39 is 0 Å². The van der Waals surface area contributed by atoms with Gasteiger partial charge < -0.3 is 37.2 Å². The molecule has 0 aliphatic carbocycles. The average molecular weight is 406 g/mol. The van der Waals surface area contributed by atoms with Crippen molar-refractivity contribution < 1.29 is 63.1 Å². The van der Waals surface area contributed by atoms with Crippen molar-refractivity contribution in [2.24, 2.45) is 0 Å². The third-order valence-corrected chi connectivity index (χ3v) is 1.53. The molecule has 0 atom stereocenters. The summed E-state index contributed by atoms with van der Waals surface area (Å²) in [5.41, 5.74) is 1.74. The molecule has 1 aromatic carbocycles. The maximum atomic E-state index is 2.22. The first-order chi connectivity index (χ1) is 4.11. The van der Waals surface area contributed by atoms with E-state index >= 15 is 0 Å². The molecule has 0 spiro atoms. The van der Waals surface area contributed by atoms with Crippen LogP contribution in [-0.4, -0.2) is 0 Å². The number of hydrogen-bond donors (Lipinski definition) is 0. The SMILES string of the molecule is CC(C)(C)[c-]1cccc1.[Cl-].[Cl-].[Cl-].[Hf+4]. The van der Waals surface area contributed by atoms with Gasteiger partial charge in [-0.3, -0.25) is 0 Å². The van der Waals surface area contributed by atoms with Crippen LogP contribution in [0.3, 0.4) is 0 Å². The van der Waals surface area contributed by atoms with Crippen molar-refractivity contribution in [2.45, 2.75) is 26.2 Å². The Morgan fingerprint density at radius 2 is 1.15 bits per heavy atom. The summed E-state index contributed by atoms with van der Waals surface area (Å²) in [6.45, 7) is 6.67. The van der Waals surface area contributed by atoms with Crippen LogP contribution in [-0.2, 0) is 31.3 Å². The predicted molar refractivity (Wildman–Crippen MR) is 40.7 cm³/mol. The second kappa shape index (κ2) is 9.64. The van der Waals surface area contributed by atoms with Crippen molar-refractivity contribution >= 4 is 0 Å². The fourth-order valence-electron chi connectivity index (χ4n) is 0.874. The first-order valence-corrected chi connectivity index (χ1v) is 3.33. The molecule has 74 valence electrons. The molecule has 13 heavy (non-hydrogen) atoms. The van der Waals surface area contributed by atoms with Gasteiger partial charge in [0.05, 0.1) is 0 Å². The smallest absolute Gasteiger partial charge is 1.00 e. The van der Waals surface area contributed by atoms with E-state index in [-0.39, 0.29) is 63.1 Å². The Labute approximate surface area is 118 Å². The summed E-state index contributed by atoms with van der Waals surface area (Å²) >= 11 is 0. The third-order valence-electron chi connectivity index (χ3n) is 1.53. The van der Waals surface area contributed by atoms with Crippen molar-refractivity contribution in [1.29, 1.82) is 0 Å². The molecule has 0 fully saturated rings. The van der Waals surface area contributed by atoms with Crippen LogP contribution in [0.25, 0.3) is 0 Å².